The number of phenols is 1. The molecule has 2 aliphatic heterocycles. The minimum Gasteiger partial charge on any atom is -0.508 e. The summed E-state index contributed by atoms with van der Waals surface area (Å²) in [6.45, 7) is 1.77. The number of piperidine rings is 1. The van der Waals surface area contributed by atoms with Crippen LogP contribution in [0.3, 0.4) is 0 Å². The Labute approximate surface area is 229 Å². The lowest BCUT2D eigenvalue weighted by molar-refractivity contribution is -0.138. The summed E-state index contributed by atoms with van der Waals surface area (Å²) in [6.07, 6.45) is 2.31. The van der Waals surface area contributed by atoms with Crippen LogP contribution in [-0.2, 0) is 14.8 Å². The maximum absolute atomic E-state index is 15.0. The van der Waals surface area contributed by atoms with Gasteiger partial charge in [-0.25, -0.2) is 17.2 Å². The number of anilines is 1. The minimum absolute atomic E-state index is 0.00528. The third-order valence-electron chi connectivity index (χ3n) is 6.59. The molecule has 2 aromatic rings. The molecule has 0 saturated carbocycles. The summed E-state index contributed by atoms with van der Waals surface area (Å²) in [6, 6.07) is 5.06. The molecule has 0 unspecified atom stereocenters. The molecule has 4 rings (SSSR count). The molecule has 1 atom stereocenters. The Bertz CT molecular complexity index is 1380. The zero-order chi connectivity index (χ0) is 28.9. The SMILES string of the molecule is O=C(NC[C@H](NS(=O)(=O)c1ccc(O)cc1)C(=O)O)c1ccc(N2CCC(NC3=NCCCN3)CC2)c(F)c1F. The van der Waals surface area contributed by atoms with E-state index >= 15 is 0 Å². The number of carboxylic acid groups (broad SMARTS) is 1. The zero-order valence-electron chi connectivity index (χ0n) is 21.4. The molecule has 1 fully saturated rings. The zero-order valence-corrected chi connectivity index (χ0v) is 22.2. The van der Waals surface area contributed by atoms with Crippen LogP contribution < -0.4 is 25.6 Å². The number of nitrogens with one attached hydrogen (secondary N) is 4. The number of rotatable bonds is 9. The van der Waals surface area contributed by atoms with Crippen molar-refractivity contribution in [2.45, 2.75) is 36.2 Å². The lowest BCUT2D eigenvalue weighted by Crippen LogP contribution is -2.50. The summed E-state index contributed by atoms with van der Waals surface area (Å²) in [5.41, 5.74) is -0.643. The second-order valence-electron chi connectivity index (χ2n) is 9.39. The second-order valence-corrected chi connectivity index (χ2v) is 11.1. The average Bonchev–Trinajstić information content (AvgIpc) is 2.93. The molecule has 0 bridgehead atoms. The molecule has 40 heavy (non-hydrogen) atoms. The molecule has 0 spiro atoms. The summed E-state index contributed by atoms with van der Waals surface area (Å²) >= 11 is 0. The van der Waals surface area contributed by atoms with Crippen molar-refractivity contribution in [3.63, 3.8) is 0 Å². The van der Waals surface area contributed by atoms with Gasteiger partial charge in [-0.3, -0.25) is 14.6 Å². The number of halogens is 2. The van der Waals surface area contributed by atoms with Crippen LogP contribution in [0.1, 0.15) is 29.6 Å². The van der Waals surface area contributed by atoms with Gasteiger partial charge in [-0.1, -0.05) is 0 Å². The summed E-state index contributed by atoms with van der Waals surface area (Å²) in [7, 11) is -4.33. The number of guanidine groups is 1. The van der Waals surface area contributed by atoms with Gasteiger partial charge >= 0.3 is 5.97 Å². The molecule has 1 saturated heterocycles. The van der Waals surface area contributed by atoms with Crippen LogP contribution >= 0.6 is 0 Å². The number of hydrogen-bond donors (Lipinski definition) is 6. The molecular formula is C25H30F2N6O6S. The van der Waals surface area contributed by atoms with Crippen molar-refractivity contribution in [1.29, 1.82) is 0 Å². The standard InChI is InChI=1S/C25H30F2N6O6S/c26-21-18(23(35)30-14-19(24(36)37)32-40(38,39)17-4-2-16(34)3-5-17)6-7-20(22(21)27)33-12-8-15(9-13-33)31-25-28-10-1-11-29-25/h2-7,15,19,32,34H,1,8-14H2,(H,30,35)(H,36,37)(H2,28,29,31)/t19-/m0/s1. The maximum Gasteiger partial charge on any atom is 0.323 e. The molecule has 6 N–H and O–H groups in total. The van der Waals surface area contributed by atoms with E-state index in [-0.39, 0.29) is 22.4 Å². The Balaban J connectivity index is 1.36. The van der Waals surface area contributed by atoms with E-state index in [4.69, 9.17) is 0 Å². The van der Waals surface area contributed by atoms with Gasteiger partial charge in [0.05, 0.1) is 16.1 Å². The quantitative estimate of drug-likeness (QED) is 0.250. The summed E-state index contributed by atoms with van der Waals surface area (Å²) in [4.78, 5) is 30.0. The number of aliphatic imine (C=N–C) groups is 1. The van der Waals surface area contributed by atoms with E-state index in [2.05, 4.69) is 20.9 Å². The van der Waals surface area contributed by atoms with Crippen molar-refractivity contribution >= 4 is 33.5 Å². The Morgan fingerprint density at radius 1 is 1.10 bits per heavy atom. The van der Waals surface area contributed by atoms with Crippen LogP contribution in [0.5, 0.6) is 5.75 Å². The number of aliphatic carboxylic acids is 1. The Kier molecular flexibility index (Phi) is 9.04. The van der Waals surface area contributed by atoms with Gasteiger partial charge in [0.25, 0.3) is 5.91 Å². The van der Waals surface area contributed by atoms with E-state index in [1.165, 1.54) is 6.07 Å². The molecule has 12 nitrogen and oxygen atoms in total. The summed E-state index contributed by atoms with van der Waals surface area (Å²) in [5.74, 6) is -4.76. The molecule has 0 radical (unpaired) electrons. The molecule has 0 aromatic heterocycles. The van der Waals surface area contributed by atoms with Crippen LogP contribution in [-0.4, -0.2) is 81.3 Å². The van der Waals surface area contributed by atoms with E-state index in [9.17, 15) is 37.0 Å². The molecule has 15 heteroatoms. The van der Waals surface area contributed by atoms with Crippen molar-refractivity contribution in [3.8, 4) is 5.75 Å². The maximum atomic E-state index is 15.0. The van der Waals surface area contributed by atoms with Crippen LogP contribution in [0.15, 0.2) is 46.3 Å². The van der Waals surface area contributed by atoms with Crippen molar-refractivity contribution in [2.24, 2.45) is 4.99 Å². The normalized spacial score (nSPS) is 16.9. The number of benzene rings is 2. The number of amides is 1. The van der Waals surface area contributed by atoms with Gasteiger partial charge in [-0.15, -0.1) is 0 Å². The topological polar surface area (TPSA) is 172 Å². The lowest BCUT2D eigenvalue weighted by atomic mass is 10.0. The fraction of sp³-hybridized carbons (Fsp3) is 0.400. The summed E-state index contributed by atoms with van der Waals surface area (Å²) in [5, 5.41) is 27.4. The molecule has 1 amide bonds. The highest BCUT2D eigenvalue weighted by Crippen LogP contribution is 2.27. The number of phenolic OH excluding ortho intramolecular Hbond substituents is 1. The van der Waals surface area contributed by atoms with Gasteiger partial charge < -0.3 is 31.1 Å². The number of sulfonamides is 1. The van der Waals surface area contributed by atoms with E-state index in [1.807, 2.05) is 4.72 Å². The molecule has 2 aromatic carbocycles. The van der Waals surface area contributed by atoms with Gasteiger partial charge in [0, 0.05) is 38.8 Å². The number of carbonyl (C=O) groups excluding carboxylic acids is 1. The highest BCUT2D eigenvalue weighted by molar-refractivity contribution is 7.89. The first kappa shape index (κ1) is 29.0. The highest BCUT2D eigenvalue weighted by atomic mass is 32.2. The monoisotopic (exact) mass is 580 g/mol. The first-order chi connectivity index (χ1) is 19.0. The Hall–Kier alpha value is -3.98. The molecule has 2 aliphatic rings. The summed E-state index contributed by atoms with van der Waals surface area (Å²) < 4.78 is 56.8. The molecular weight excluding hydrogens is 550 g/mol. The van der Waals surface area contributed by atoms with Gasteiger partial charge in [-0.05, 0) is 55.7 Å². The third-order valence-corrected chi connectivity index (χ3v) is 8.08. The Morgan fingerprint density at radius 2 is 1.80 bits per heavy atom. The average molecular weight is 581 g/mol. The second kappa shape index (κ2) is 12.5. The van der Waals surface area contributed by atoms with Crippen molar-refractivity contribution in [2.75, 3.05) is 37.6 Å². The van der Waals surface area contributed by atoms with Crippen LogP contribution in [0.4, 0.5) is 14.5 Å². The van der Waals surface area contributed by atoms with Gasteiger partial charge in [0.1, 0.15) is 11.8 Å². The molecule has 0 aliphatic carbocycles. The largest absolute Gasteiger partial charge is 0.508 e. The molecule has 2 heterocycles. The lowest BCUT2D eigenvalue weighted by Gasteiger charge is -2.35. The van der Waals surface area contributed by atoms with Crippen molar-refractivity contribution < 1.29 is 37.0 Å². The van der Waals surface area contributed by atoms with E-state index in [1.54, 1.807) is 4.90 Å². The first-order valence-corrected chi connectivity index (χ1v) is 14.1. The number of nitrogens with zero attached hydrogens (tertiary/aromatic N) is 2. The minimum atomic E-state index is -4.33. The van der Waals surface area contributed by atoms with Crippen molar-refractivity contribution in [3.05, 3.63) is 53.6 Å². The van der Waals surface area contributed by atoms with Crippen molar-refractivity contribution in [1.82, 2.24) is 20.7 Å². The number of carbonyl (C=O) groups is 2. The molecule has 216 valence electrons. The predicted molar refractivity (Wildman–Crippen MR) is 142 cm³/mol. The van der Waals surface area contributed by atoms with Crippen LogP contribution in [0.25, 0.3) is 0 Å². The third kappa shape index (κ3) is 6.96. The number of aromatic hydroxyl groups is 1. The van der Waals surface area contributed by atoms with Gasteiger partial charge in [0.2, 0.25) is 10.0 Å². The van der Waals surface area contributed by atoms with Crippen LogP contribution in [0, 0.1) is 11.6 Å². The first-order valence-electron chi connectivity index (χ1n) is 12.7. The number of carboxylic acids is 1. The van der Waals surface area contributed by atoms with E-state index in [0.717, 1.165) is 55.8 Å². The predicted octanol–water partition coefficient (Wildman–Crippen LogP) is 0.740. The fourth-order valence-electron chi connectivity index (χ4n) is 4.40. The van der Waals surface area contributed by atoms with Crippen LogP contribution in [0.2, 0.25) is 0 Å². The van der Waals surface area contributed by atoms with Gasteiger partial charge in [-0.2, -0.15) is 4.72 Å². The van der Waals surface area contributed by atoms with E-state index < -0.39 is 51.7 Å². The Morgan fingerprint density at radius 3 is 2.42 bits per heavy atom. The van der Waals surface area contributed by atoms with E-state index in [0.29, 0.717) is 25.9 Å². The fourth-order valence-corrected chi connectivity index (χ4v) is 5.59. The van der Waals surface area contributed by atoms with Gasteiger partial charge in [0.15, 0.2) is 17.6 Å². The number of hydrogen-bond acceptors (Lipinski definition) is 9. The highest BCUT2D eigenvalue weighted by Gasteiger charge is 2.29. The smallest absolute Gasteiger partial charge is 0.323 e.